The van der Waals surface area contributed by atoms with Crippen molar-refractivity contribution in [3.8, 4) is 0 Å². The summed E-state index contributed by atoms with van der Waals surface area (Å²) in [5, 5.41) is 20.7. The summed E-state index contributed by atoms with van der Waals surface area (Å²) in [5.41, 5.74) is -2.52. The van der Waals surface area contributed by atoms with Gasteiger partial charge in [0.15, 0.2) is 0 Å². The molecule has 0 aromatic heterocycles. The van der Waals surface area contributed by atoms with Gasteiger partial charge >= 0.3 is 0 Å². The molecule has 0 spiro atoms. The van der Waals surface area contributed by atoms with Gasteiger partial charge in [0, 0.05) is 51.0 Å². The summed E-state index contributed by atoms with van der Waals surface area (Å²) in [7, 11) is 0. The molecule has 2 N–H and O–H groups in total. The Balaban J connectivity index is 0.942. The smallest absolute Gasteiger partial charge is 0.118 e. The zero-order valence-electron chi connectivity index (χ0n) is 32.5. The highest BCUT2D eigenvalue weighted by Crippen LogP contribution is 2.54. The van der Waals surface area contributed by atoms with Gasteiger partial charge in [-0.3, -0.25) is 0 Å². The minimum atomic E-state index is -0.827. The van der Waals surface area contributed by atoms with Gasteiger partial charge in [0.05, 0.1) is 90.1 Å². The third kappa shape index (κ3) is 7.21. The third-order valence-corrected chi connectivity index (χ3v) is 14.0. The summed E-state index contributed by atoms with van der Waals surface area (Å²) in [6.07, 6.45) is 20.5. The summed E-state index contributed by atoms with van der Waals surface area (Å²) in [6.45, 7) is 14.6. The molecule has 0 bridgehead atoms. The van der Waals surface area contributed by atoms with E-state index in [1.54, 1.807) is 0 Å². The van der Waals surface area contributed by atoms with Crippen molar-refractivity contribution in [2.75, 3.05) is 6.61 Å². The van der Waals surface area contributed by atoms with Crippen molar-refractivity contribution in [2.45, 2.75) is 207 Å². The Kier molecular flexibility index (Phi) is 10.7. The molecule has 0 amide bonds. The van der Waals surface area contributed by atoms with Gasteiger partial charge < -0.3 is 48.1 Å². The van der Waals surface area contributed by atoms with E-state index in [1.807, 2.05) is 13.0 Å². The Bertz CT molecular complexity index is 1420. The first kappa shape index (κ1) is 38.4. The average Bonchev–Trinajstić information content (AvgIpc) is 3.33. The highest BCUT2D eigenvalue weighted by molar-refractivity contribution is 5.16. The second-order valence-electron chi connectivity index (χ2n) is 18.2. The zero-order chi connectivity index (χ0) is 37.2. The standard InChI is InChI=1S/C43H64O10/c1-7-8-9-10-11-14-28-26(2)15-16-30-32(47-28)22-37-42(5,51-30)25-41(4)36(50-37)18-17-29-33(52-41)21-31-34(48-29)24-40(3)38(49-31)23-39-43(6,53-40)35(45)20-27(46-39)13-12-19-44/h7,9-11,14-16,26-39,44-45H,1,8,12-13,17-25H2,2-6H3/b10-9-,14-11-/t26-,27+,28-,29-,30-,31-,32+,33+,34+,35+,36+,37-,38+,39-,40-,41-,42+,43+/m1/s1. The first-order chi connectivity index (χ1) is 25.3. The maximum atomic E-state index is 11.3. The van der Waals surface area contributed by atoms with Crippen molar-refractivity contribution in [3.05, 3.63) is 49.1 Å². The molecule has 10 heteroatoms. The molecule has 0 aliphatic carbocycles. The van der Waals surface area contributed by atoms with Crippen LogP contribution in [-0.4, -0.2) is 119 Å². The van der Waals surface area contributed by atoms with E-state index in [0.717, 1.165) is 38.5 Å². The van der Waals surface area contributed by atoms with E-state index in [0.29, 0.717) is 32.1 Å². The number of allylic oxidation sites excluding steroid dienone is 4. The second-order valence-corrected chi connectivity index (χ2v) is 18.2. The van der Waals surface area contributed by atoms with Crippen LogP contribution in [0.5, 0.6) is 0 Å². The van der Waals surface area contributed by atoms with Crippen molar-refractivity contribution in [3.63, 3.8) is 0 Å². The van der Waals surface area contributed by atoms with Crippen LogP contribution in [0.2, 0.25) is 0 Å². The van der Waals surface area contributed by atoms with Crippen LogP contribution < -0.4 is 0 Å². The lowest BCUT2D eigenvalue weighted by atomic mass is 9.72. The molecule has 0 aromatic carbocycles. The van der Waals surface area contributed by atoms with Crippen LogP contribution in [0.25, 0.3) is 0 Å². The fraction of sp³-hybridized carbons (Fsp3) is 0.814. The fourth-order valence-electron chi connectivity index (χ4n) is 11.1. The summed E-state index contributed by atoms with van der Waals surface area (Å²) in [6, 6.07) is 0. The Morgan fingerprint density at radius 2 is 1.57 bits per heavy atom. The van der Waals surface area contributed by atoms with Crippen LogP contribution in [0.15, 0.2) is 49.1 Å². The van der Waals surface area contributed by atoms with E-state index in [-0.39, 0.29) is 85.8 Å². The predicted octanol–water partition coefficient (Wildman–Crippen LogP) is 5.82. The van der Waals surface area contributed by atoms with E-state index >= 15 is 0 Å². The molecule has 296 valence electrons. The van der Waals surface area contributed by atoms with Crippen LogP contribution in [0.4, 0.5) is 0 Å². The van der Waals surface area contributed by atoms with E-state index < -0.39 is 28.5 Å². The molecule has 0 saturated carbocycles. The van der Waals surface area contributed by atoms with E-state index in [1.165, 1.54) is 0 Å². The molecule has 0 radical (unpaired) electrons. The molecule has 10 nitrogen and oxygen atoms in total. The Labute approximate surface area is 316 Å². The van der Waals surface area contributed by atoms with Crippen LogP contribution in [-0.2, 0) is 37.9 Å². The number of fused-ring (bicyclic) bond motifs is 7. The lowest BCUT2D eigenvalue weighted by Crippen LogP contribution is -2.72. The monoisotopic (exact) mass is 740 g/mol. The number of hydrogen-bond donors (Lipinski definition) is 2. The summed E-state index contributed by atoms with van der Waals surface area (Å²) < 4.78 is 55.2. The predicted molar refractivity (Wildman–Crippen MR) is 198 cm³/mol. The van der Waals surface area contributed by atoms with Gasteiger partial charge in [0.1, 0.15) is 11.7 Å². The Morgan fingerprint density at radius 1 is 0.755 bits per heavy atom. The van der Waals surface area contributed by atoms with Crippen molar-refractivity contribution < 1.29 is 48.1 Å². The maximum Gasteiger partial charge on any atom is 0.118 e. The molecule has 8 rings (SSSR count). The van der Waals surface area contributed by atoms with Gasteiger partial charge in [-0.2, -0.15) is 0 Å². The molecule has 0 unspecified atom stereocenters. The van der Waals surface area contributed by atoms with Gasteiger partial charge in [-0.05, 0) is 59.8 Å². The molecule has 0 aromatic rings. The van der Waals surface area contributed by atoms with E-state index in [4.69, 9.17) is 37.9 Å². The molecule has 7 saturated heterocycles. The molecule has 53 heavy (non-hydrogen) atoms. The maximum absolute atomic E-state index is 11.3. The first-order valence-electron chi connectivity index (χ1n) is 20.6. The largest absolute Gasteiger partial charge is 0.396 e. The molecule has 8 heterocycles. The molecule has 18 atom stereocenters. The first-order valence-corrected chi connectivity index (χ1v) is 20.6. The third-order valence-electron chi connectivity index (χ3n) is 14.0. The van der Waals surface area contributed by atoms with E-state index in [2.05, 4.69) is 70.7 Å². The average molecular weight is 741 g/mol. The topological polar surface area (TPSA) is 114 Å². The van der Waals surface area contributed by atoms with Gasteiger partial charge in [-0.25, -0.2) is 0 Å². The quantitative estimate of drug-likeness (QED) is 0.245. The summed E-state index contributed by atoms with van der Waals surface area (Å²) in [5.74, 6) is 0.225. The van der Waals surface area contributed by atoms with Crippen molar-refractivity contribution in [2.24, 2.45) is 5.92 Å². The fourth-order valence-corrected chi connectivity index (χ4v) is 11.1. The zero-order valence-corrected chi connectivity index (χ0v) is 32.5. The van der Waals surface area contributed by atoms with E-state index in [9.17, 15) is 10.2 Å². The van der Waals surface area contributed by atoms with Gasteiger partial charge in [-0.15, -0.1) is 6.58 Å². The molecular weight excluding hydrogens is 676 g/mol. The van der Waals surface area contributed by atoms with Crippen LogP contribution in [0, 0.1) is 5.92 Å². The molecule has 8 aliphatic rings. The minimum Gasteiger partial charge on any atom is -0.396 e. The van der Waals surface area contributed by atoms with Crippen molar-refractivity contribution >= 4 is 0 Å². The van der Waals surface area contributed by atoms with Gasteiger partial charge in [-0.1, -0.05) is 49.5 Å². The number of aliphatic hydroxyl groups is 2. The lowest BCUT2D eigenvalue weighted by Gasteiger charge is -2.61. The van der Waals surface area contributed by atoms with Crippen LogP contribution >= 0.6 is 0 Å². The highest BCUT2D eigenvalue weighted by atomic mass is 16.6. The van der Waals surface area contributed by atoms with Crippen molar-refractivity contribution in [1.82, 2.24) is 0 Å². The minimum absolute atomic E-state index is 0.0431. The molecule has 8 aliphatic heterocycles. The molecule has 7 fully saturated rings. The highest BCUT2D eigenvalue weighted by Gasteiger charge is 2.64. The van der Waals surface area contributed by atoms with Gasteiger partial charge in [0.25, 0.3) is 0 Å². The Morgan fingerprint density at radius 3 is 2.38 bits per heavy atom. The van der Waals surface area contributed by atoms with Crippen molar-refractivity contribution in [1.29, 1.82) is 0 Å². The Hall–Kier alpha value is -1.44. The summed E-state index contributed by atoms with van der Waals surface area (Å²) >= 11 is 0. The lowest BCUT2D eigenvalue weighted by molar-refractivity contribution is -0.369. The number of ether oxygens (including phenoxy) is 8. The normalized spacial score (nSPS) is 53.6. The molecular formula is C43H64O10. The van der Waals surface area contributed by atoms with Crippen LogP contribution in [0.1, 0.15) is 105 Å². The number of aliphatic hydroxyl groups excluding tert-OH is 2. The number of rotatable bonds is 7. The summed E-state index contributed by atoms with van der Waals surface area (Å²) in [4.78, 5) is 0. The number of hydrogen-bond acceptors (Lipinski definition) is 10. The van der Waals surface area contributed by atoms with Crippen LogP contribution in [0.3, 0.4) is 0 Å². The van der Waals surface area contributed by atoms with Gasteiger partial charge in [0.2, 0.25) is 0 Å². The SMILES string of the molecule is C=CC/C=C\C=C/[C@H]1O[C@H]2C[C@H]3O[C@H]4CC[C@H]5O[C@H]6C[C@@]7(C)O[C@@]8(C)[C@@H](O)C[C@H](CCCO)O[C@@H]8C[C@@H]7O[C@@H]6C[C@@H]5O[C@]4(C)C[C@]3(C)O[C@@H]2C=C[C@H]1C. The second kappa shape index (κ2) is 14.8.